The highest BCUT2D eigenvalue weighted by molar-refractivity contribution is 7.47. The Bertz CT molecular complexity index is 1750. The summed E-state index contributed by atoms with van der Waals surface area (Å²) in [5.41, 5.74) is 0. The van der Waals surface area contributed by atoms with Crippen LogP contribution in [0.2, 0.25) is 0 Å². The highest BCUT2D eigenvalue weighted by Crippen LogP contribution is 2.45. The van der Waals surface area contributed by atoms with Gasteiger partial charge in [0, 0.05) is 25.7 Å². The summed E-state index contributed by atoms with van der Waals surface area (Å²) < 4.78 is 68.3. The molecule has 0 rings (SSSR count). The van der Waals surface area contributed by atoms with Crippen LogP contribution in [0.4, 0.5) is 0 Å². The number of unbranched alkanes of at least 4 members (excludes halogenated alkanes) is 40. The smallest absolute Gasteiger partial charge is 0.462 e. The molecule has 0 heterocycles. The Morgan fingerprint density at radius 1 is 0.300 bits per heavy atom. The van der Waals surface area contributed by atoms with Gasteiger partial charge in [-0.05, 0) is 37.5 Å². The molecular weight excluding hydrogens is 1190 g/mol. The van der Waals surface area contributed by atoms with Gasteiger partial charge in [0.05, 0.1) is 26.4 Å². The third-order valence-electron chi connectivity index (χ3n) is 16.5. The molecule has 0 aromatic carbocycles. The number of aliphatic hydroxyl groups excluding tert-OH is 1. The fourth-order valence-corrected chi connectivity index (χ4v) is 12.3. The number of carbonyl (C=O) groups is 4. The first kappa shape index (κ1) is 88.1. The van der Waals surface area contributed by atoms with Gasteiger partial charge in [0.15, 0.2) is 12.2 Å². The van der Waals surface area contributed by atoms with E-state index in [1.54, 1.807) is 0 Å². The molecule has 0 aliphatic rings. The number of esters is 4. The van der Waals surface area contributed by atoms with Crippen LogP contribution in [0.3, 0.4) is 0 Å². The molecule has 19 heteroatoms. The van der Waals surface area contributed by atoms with E-state index in [9.17, 15) is 43.2 Å². The van der Waals surface area contributed by atoms with Gasteiger partial charge in [-0.1, -0.05) is 311 Å². The molecule has 0 radical (unpaired) electrons. The van der Waals surface area contributed by atoms with Gasteiger partial charge in [0.2, 0.25) is 0 Å². The molecule has 0 fully saturated rings. The Balaban J connectivity index is 5.22. The maximum atomic E-state index is 13.0. The Morgan fingerprint density at radius 3 is 0.756 bits per heavy atom. The van der Waals surface area contributed by atoms with Crippen LogP contribution in [-0.4, -0.2) is 96.7 Å². The minimum absolute atomic E-state index is 0.105. The Morgan fingerprint density at radius 2 is 0.511 bits per heavy atom. The second kappa shape index (κ2) is 63.1. The van der Waals surface area contributed by atoms with E-state index in [1.807, 2.05) is 0 Å². The zero-order valence-electron chi connectivity index (χ0n) is 58.4. The topological polar surface area (TPSA) is 237 Å². The second-order valence-corrected chi connectivity index (χ2v) is 29.5. The van der Waals surface area contributed by atoms with Crippen molar-refractivity contribution in [3.63, 3.8) is 0 Å². The third kappa shape index (κ3) is 64.8. The zero-order valence-corrected chi connectivity index (χ0v) is 60.2. The van der Waals surface area contributed by atoms with E-state index in [4.69, 9.17) is 37.0 Å². The van der Waals surface area contributed by atoms with E-state index in [0.29, 0.717) is 31.6 Å². The first-order valence-electron chi connectivity index (χ1n) is 37.0. The number of carbonyl (C=O) groups excluding carboxylic acids is 4. The second-order valence-electron chi connectivity index (χ2n) is 26.6. The molecule has 0 saturated heterocycles. The van der Waals surface area contributed by atoms with Crippen molar-refractivity contribution in [3.05, 3.63) is 0 Å². The van der Waals surface area contributed by atoms with Gasteiger partial charge in [-0.25, -0.2) is 9.13 Å². The van der Waals surface area contributed by atoms with Crippen molar-refractivity contribution < 1.29 is 80.2 Å². The summed E-state index contributed by atoms with van der Waals surface area (Å²) in [5.74, 6) is -0.657. The van der Waals surface area contributed by atoms with Gasteiger partial charge in [-0.3, -0.25) is 37.3 Å². The monoisotopic (exact) mass is 1320 g/mol. The SMILES string of the molecule is CCCCCCCCCCCCCCCCCC(=O)OC[C@H](COP(=O)(O)OC[C@@H](O)COP(=O)(O)OC[C@@H](COC(=O)CCCCCCCCC(C)C)OC(=O)CCCCCCCCCCCC)OC(=O)CCCCCCCCCCCCCCCC(C)C. The highest BCUT2D eigenvalue weighted by Gasteiger charge is 2.30. The fourth-order valence-electron chi connectivity index (χ4n) is 10.8. The van der Waals surface area contributed by atoms with Crippen molar-refractivity contribution in [2.75, 3.05) is 39.6 Å². The average Bonchev–Trinajstić information content (AvgIpc) is 3.56. The fraction of sp³-hybridized carbons (Fsp3) is 0.944. The highest BCUT2D eigenvalue weighted by atomic mass is 31.2. The Hall–Kier alpha value is -1.94. The number of hydrogen-bond donors (Lipinski definition) is 3. The van der Waals surface area contributed by atoms with Gasteiger partial charge >= 0.3 is 39.5 Å². The normalized spacial score (nSPS) is 14.1. The van der Waals surface area contributed by atoms with E-state index in [1.165, 1.54) is 173 Å². The van der Waals surface area contributed by atoms with Crippen LogP contribution in [0.15, 0.2) is 0 Å². The van der Waals surface area contributed by atoms with Gasteiger partial charge in [-0.2, -0.15) is 0 Å². The van der Waals surface area contributed by atoms with Gasteiger partial charge in [-0.15, -0.1) is 0 Å². The first-order valence-corrected chi connectivity index (χ1v) is 40.0. The lowest BCUT2D eigenvalue weighted by molar-refractivity contribution is -0.161. The van der Waals surface area contributed by atoms with Crippen molar-refractivity contribution in [2.24, 2.45) is 11.8 Å². The largest absolute Gasteiger partial charge is 0.472 e. The molecule has 90 heavy (non-hydrogen) atoms. The van der Waals surface area contributed by atoms with Crippen LogP contribution in [0.1, 0.15) is 363 Å². The maximum Gasteiger partial charge on any atom is 0.472 e. The van der Waals surface area contributed by atoms with Gasteiger partial charge < -0.3 is 33.8 Å². The quantitative estimate of drug-likeness (QED) is 0.0222. The number of rotatable bonds is 70. The maximum absolute atomic E-state index is 13.0. The summed E-state index contributed by atoms with van der Waals surface area (Å²) in [7, 11) is -9.90. The standard InChI is InChI=1S/C71H138O17P2/c1-7-9-11-13-15-17-19-20-21-24-27-31-34-41-47-53-68(73)81-59-66(87-71(76)56-50-44-36-32-28-25-22-23-26-29-33-39-45-51-63(3)4)61-85-89(77,78)83-57-65(72)58-84-90(79,80)86-62-67(60-82-69(74)54-48-42-38-37-40-46-52-64(5)6)88-70(75)55-49-43-35-30-18-16-14-12-10-8-2/h63-67,72H,7-62H2,1-6H3,(H,77,78)(H,79,80)/t65-,66-,67-/m1/s1. The molecule has 0 aliphatic heterocycles. The zero-order chi connectivity index (χ0) is 66.5. The lowest BCUT2D eigenvalue weighted by atomic mass is 10.0. The van der Waals surface area contributed by atoms with Crippen molar-refractivity contribution in [3.8, 4) is 0 Å². The minimum Gasteiger partial charge on any atom is -0.462 e. The van der Waals surface area contributed by atoms with Gasteiger partial charge in [0.1, 0.15) is 19.3 Å². The van der Waals surface area contributed by atoms with E-state index in [0.717, 1.165) is 102 Å². The number of aliphatic hydroxyl groups is 1. The summed E-state index contributed by atoms with van der Waals surface area (Å²) in [6.45, 7) is 9.48. The average molecular weight is 1330 g/mol. The number of hydrogen-bond acceptors (Lipinski definition) is 15. The molecule has 17 nitrogen and oxygen atoms in total. The van der Waals surface area contributed by atoms with Gasteiger partial charge in [0.25, 0.3) is 0 Å². The predicted molar refractivity (Wildman–Crippen MR) is 363 cm³/mol. The van der Waals surface area contributed by atoms with Crippen molar-refractivity contribution in [1.82, 2.24) is 0 Å². The van der Waals surface area contributed by atoms with Crippen LogP contribution in [-0.2, 0) is 65.4 Å². The van der Waals surface area contributed by atoms with Crippen molar-refractivity contribution in [1.29, 1.82) is 0 Å². The first-order chi connectivity index (χ1) is 43.4. The summed E-state index contributed by atoms with van der Waals surface area (Å²) in [4.78, 5) is 72.5. The van der Waals surface area contributed by atoms with Crippen LogP contribution < -0.4 is 0 Å². The van der Waals surface area contributed by atoms with E-state index < -0.39 is 97.5 Å². The summed E-state index contributed by atoms with van der Waals surface area (Å²) >= 11 is 0. The molecule has 0 aliphatic carbocycles. The molecular formula is C71H138O17P2. The number of ether oxygens (including phenoxy) is 4. The molecule has 0 aromatic heterocycles. The Kier molecular flexibility index (Phi) is 61.8. The number of phosphoric acid groups is 2. The van der Waals surface area contributed by atoms with Crippen LogP contribution in [0, 0.1) is 11.8 Å². The molecule has 0 spiro atoms. The number of phosphoric ester groups is 2. The Labute approximate surface area is 549 Å². The van der Waals surface area contributed by atoms with E-state index >= 15 is 0 Å². The van der Waals surface area contributed by atoms with Crippen LogP contribution in [0.5, 0.6) is 0 Å². The van der Waals surface area contributed by atoms with Crippen LogP contribution in [0.25, 0.3) is 0 Å². The molecule has 5 atom stereocenters. The molecule has 0 bridgehead atoms. The molecule has 2 unspecified atom stereocenters. The van der Waals surface area contributed by atoms with E-state index in [2.05, 4.69) is 41.5 Å². The summed E-state index contributed by atoms with van der Waals surface area (Å²) in [6.07, 6.45) is 48.7. The van der Waals surface area contributed by atoms with Crippen molar-refractivity contribution >= 4 is 39.5 Å². The molecule has 0 aromatic rings. The lowest BCUT2D eigenvalue weighted by Gasteiger charge is -2.21. The molecule has 0 saturated carbocycles. The predicted octanol–water partition coefficient (Wildman–Crippen LogP) is 20.4. The van der Waals surface area contributed by atoms with Crippen molar-refractivity contribution in [2.45, 2.75) is 381 Å². The molecule has 534 valence electrons. The third-order valence-corrected chi connectivity index (χ3v) is 18.4. The summed E-state index contributed by atoms with van der Waals surface area (Å²) in [6, 6.07) is 0. The van der Waals surface area contributed by atoms with Crippen LogP contribution >= 0.6 is 15.6 Å². The lowest BCUT2D eigenvalue weighted by Crippen LogP contribution is -2.30. The summed E-state index contributed by atoms with van der Waals surface area (Å²) in [5, 5.41) is 10.6. The molecule has 3 N–H and O–H groups in total. The van der Waals surface area contributed by atoms with E-state index in [-0.39, 0.29) is 25.7 Å². The minimum atomic E-state index is -4.95. The molecule has 0 amide bonds.